The minimum Gasteiger partial charge on any atom is -0.496 e. The van der Waals surface area contributed by atoms with E-state index in [0.29, 0.717) is 12.2 Å². The SMILES string of the molecule is COc1ccc(Br)cc1CC(=O)C1CCC(C)CC1. The van der Waals surface area contributed by atoms with Crippen LogP contribution in [0.1, 0.15) is 38.2 Å². The lowest BCUT2D eigenvalue weighted by Gasteiger charge is -2.25. The Morgan fingerprint density at radius 1 is 1.32 bits per heavy atom. The largest absolute Gasteiger partial charge is 0.496 e. The highest BCUT2D eigenvalue weighted by Crippen LogP contribution is 2.31. The number of carbonyl (C=O) groups is 1. The van der Waals surface area contributed by atoms with Crippen molar-refractivity contribution in [3.05, 3.63) is 28.2 Å². The van der Waals surface area contributed by atoms with Crippen LogP contribution in [0.4, 0.5) is 0 Å². The number of benzene rings is 1. The summed E-state index contributed by atoms with van der Waals surface area (Å²) in [5, 5.41) is 0. The zero-order valence-electron chi connectivity index (χ0n) is 11.6. The van der Waals surface area contributed by atoms with Gasteiger partial charge in [-0.25, -0.2) is 0 Å². The number of hydrogen-bond acceptors (Lipinski definition) is 2. The second-order valence-corrected chi connectivity index (χ2v) is 6.47. The van der Waals surface area contributed by atoms with E-state index < -0.39 is 0 Å². The molecule has 2 rings (SSSR count). The standard InChI is InChI=1S/C16H21BrO2/c1-11-3-5-12(6-4-11)15(18)10-13-9-14(17)7-8-16(13)19-2/h7-9,11-12H,3-6,10H2,1-2H3. The van der Waals surface area contributed by atoms with Gasteiger partial charge in [0, 0.05) is 22.4 Å². The Kier molecular flexibility index (Phi) is 5.03. The van der Waals surface area contributed by atoms with Crippen LogP contribution in [0.2, 0.25) is 0 Å². The maximum Gasteiger partial charge on any atom is 0.140 e. The summed E-state index contributed by atoms with van der Waals surface area (Å²) in [5.41, 5.74) is 0.987. The molecule has 1 fully saturated rings. The predicted molar refractivity (Wildman–Crippen MR) is 80.5 cm³/mol. The Labute approximate surface area is 123 Å². The number of ketones is 1. The topological polar surface area (TPSA) is 26.3 Å². The van der Waals surface area contributed by atoms with Crippen LogP contribution in [0.15, 0.2) is 22.7 Å². The van der Waals surface area contributed by atoms with Crippen LogP contribution in [0.3, 0.4) is 0 Å². The second kappa shape index (κ2) is 6.56. The van der Waals surface area contributed by atoms with Gasteiger partial charge in [0.15, 0.2) is 0 Å². The molecule has 0 radical (unpaired) electrons. The van der Waals surface area contributed by atoms with Crippen LogP contribution < -0.4 is 4.74 Å². The normalized spacial score (nSPS) is 23.1. The lowest BCUT2D eigenvalue weighted by molar-refractivity contribution is -0.123. The third kappa shape index (κ3) is 3.82. The number of Topliss-reactive ketones (excluding diaryl/α,β-unsaturated/α-hetero) is 1. The zero-order valence-corrected chi connectivity index (χ0v) is 13.2. The van der Waals surface area contributed by atoms with E-state index in [9.17, 15) is 4.79 Å². The molecule has 0 unspecified atom stereocenters. The van der Waals surface area contributed by atoms with E-state index in [1.54, 1.807) is 7.11 Å². The van der Waals surface area contributed by atoms with E-state index >= 15 is 0 Å². The Balaban J connectivity index is 2.04. The fourth-order valence-corrected chi connectivity index (χ4v) is 3.21. The lowest BCUT2D eigenvalue weighted by Crippen LogP contribution is -2.22. The highest BCUT2D eigenvalue weighted by atomic mass is 79.9. The average molecular weight is 325 g/mol. The summed E-state index contributed by atoms with van der Waals surface area (Å²) in [4.78, 5) is 12.4. The molecule has 3 heteroatoms. The van der Waals surface area contributed by atoms with Crippen LogP contribution >= 0.6 is 15.9 Å². The number of methoxy groups -OCH3 is 1. The predicted octanol–water partition coefficient (Wildman–Crippen LogP) is 4.40. The molecule has 1 aromatic rings. The van der Waals surface area contributed by atoms with Gasteiger partial charge in [-0.2, -0.15) is 0 Å². The molecule has 0 saturated heterocycles. The third-order valence-corrected chi connectivity index (χ3v) is 4.57. The molecule has 0 aromatic heterocycles. The van der Waals surface area contributed by atoms with Gasteiger partial charge in [0.05, 0.1) is 7.11 Å². The van der Waals surface area contributed by atoms with E-state index in [4.69, 9.17) is 4.74 Å². The van der Waals surface area contributed by atoms with Crippen LogP contribution in [0.25, 0.3) is 0 Å². The van der Waals surface area contributed by atoms with Crippen LogP contribution in [0, 0.1) is 11.8 Å². The number of halogens is 1. The van der Waals surface area contributed by atoms with Crippen LogP contribution in [0.5, 0.6) is 5.75 Å². The van der Waals surface area contributed by atoms with Crippen molar-refractivity contribution < 1.29 is 9.53 Å². The van der Waals surface area contributed by atoms with E-state index in [1.807, 2.05) is 18.2 Å². The molecule has 1 saturated carbocycles. The number of ether oxygens (including phenoxy) is 1. The minimum atomic E-state index is 0.250. The molecule has 1 aromatic carbocycles. The van der Waals surface area contributed by atoms with Crippen molar-refractivity contribution in [2.75, 3.05) is 7.11 Å². The zero-order chi connectivity index (χ0) is 13.8. The molecule has 0 heterocycles. The van der Waals surface area contributed by atoms with Gasteiger partial charge in [-0.3, -0.25) is 4.79 Å². The molecule has 1 aliphatic rings. The molecule has 0 amide bonds. The van der Waals surface area contributed by atoms with Crippen molar-refractivity contribution in [2.45, 2.75) is 39.0 Å². The first-order valence-corrected chi connectivity index (χ1v) is 7.74. The van der Waals surface area contributed by atoms with Gasteiger partial charge < -0.3 is 4.74 Å². The summed E-state index contributed by atoms with van der Waals surface area (Å²) in [6, 6.07) is 5.84. The molecule has 0 atom stereocenters. The van der Waals surface area contributed by atoms with Crippen molar-refractivity contribution in [1.29, 1.82) is 0 Å². The summed E-state index contributed by atoms with van der Waals surface area (Å²) < 4.78 is 6.33. The highest BCUT2D eigenvalue weighted by Gasteiger charge is 2.24. The van der Waals surface area contributed by atoms with E-state index in [1.165, 1.54) is 12.8 Å². The van der Waals surface area contributed by atoms with Crippen molar-refractivity contribution in [3.63, 3.8) is 0 Å². The highest BCUT2D eigenvalue weighted by molar-refractivity contribution is 9.10. The van der Waals surface area contributed by atoms with Crippen molar-refractivity contribution >= 4 is 21.7 Å². The summed E-state index contributed by atoms with van der Waals surface area (Å²) >= 11 is 3.45. The van der Waals surface area contributed by atoms with E-state index in [2.05, 4.69) is 22.9 Å². The first-order chi connectivity index (χ1) is 9.10. The fraction of sp³-hybridized carbons (Fsp3) is 0.562. The lowest BCUT2D eigenvalue weighted by atomic mass is 9.79. The summed E-state index contributed by atoms with van der Waals surface area (Å²) in [6.45, 7) is 2.28. The van der Waals surface area contributed by atoms with Crippen LogP contribution in [-0.2, 0) is 11.2 Å². The van der Waals surface area contributed by atoms with E-state index in [0.717, 1.165) is 34.5 Å². The monoisotopic (exact) mass is 324 g/mol. The molecule has 19 heavy (non-hydrogen) atoms. The molecule has 1 aliphatic carbocycles. The minimum absolute atomic E-state index is 0.250. The number of hydrogen-bond donors (Lipinski definition) is 0. The molecule has 104 valence electrons. The first-order valence-electron chi connectivity index (χ1n) is 6.95. The Morgan fingerprint density at radius 3 is 2.63 bits per heavy atom. The Morgan fingerprint density at radius 2 is 2.00 bits per heavy atom. The van der Waals surface area contributed by atoms with Crippen LogP contribution in [-0.4, -0.2) is 12.9 Å². The molecular weight excluding hydrogens is 304 g/mol. The molecular formula is C16H21BrO2. The van der Waals surface area contributed by atoms with Gasteiger partial charge in [-0.05, 0) is 37.0 Å². The van der Waals surface area contributed by atoms with Gasteiger partial charge in [-0.1, -0.05) is 35.7 Å². The molecule has 0 bridgehead atoms. The third-order valence-electron chi connectivity index (χ3n) is 4.08. The van der Waals surface area contributed by atoms with Gasteiger partial charge >= 0.3 is 0 Å². The molecule has 0 aliphatic heterocycles. The van der Waals surface area contributed by atoms with Gasteiger partial charge in [0.1, 0.15) is 11.5 Å². The first kappa shape index (κ1) is 14.6. The Hall–Kier alpha value is -0.830. The number of rotatable bonds is 4. The van der Waals surface area contributed by atoms with Crippen molar-refractivity contribution in [2.24, 2.45) is 11.8 Å². The molecule has 2 nitrogen and oxygen atoms in total. The smallest absolute Gasteiger partial charge is 0.140 e. The molecule has 0 N–H and O–H groups in total. The summed E-state index contributed by atoms with van der Waals surface area (Å²) in [7, 11) is 1.65. The van der Waals surface area contributed by atoms with Gasteiger partial charge in [0.2, 0.25) is 0 Å². The van der Waals surface area contributed by atoms with Crippen molar-refractivity contribution in [1.82, 2.24) is 0 Å². The van der Waals surface area contributed by atoms with E-state index in [-0.39, 0.29) is 5.92 Å². The van der Waals surface area contributed by atoms with Crippen molar-refractivity contribution in [3.8, 4) is 5.75 Å². The Bertz CT molecular complexity index is 448. The quantitative estimate of drug-likeness (QED) is 0.820. The number of carbonyl (C=O) groups excluding carboxylic acids is 1. The fourth-order valence-electron chi connectivity index (χ4n) is 2.80. The maximum atomic E-state index is 12.4. The molecule has 0 spiro atoms. The second-order valence-electron chi connectivity index (χ2n) is 5.56. The average Bonchev–Trinajstić information content (AvgIpc) is 2.39. The summed E-state index contributed by atoms with van der Waals surface area (Å²) in [6.07, 6.45) is 4.96. The summed E-state index contributed by atoms with van der Waals surface area (Å²) in [5.74, 6) is 2.20. The van der Waals surface area contributed by atoms with Gasteiger partial charge in [-0.15, -0.1) is 0 Å². The van der Waals surface area contributed by atoms with Gasteiger partial charge in [0.25, 0.3) is 0 Å². The maximum absolute atomic E-state index is 12.4.